The van der Waals surface area contributed by atoms with Gasteiger partial charge in [0, 0.05) is 29.0 Å². The summed E-state index contributed by atoms with van der Waals surface area (Å²) in [6, 6.07) is 0.605. The van der Waals surface area contributed by atoms with Crippen LogP contribution < -0.4 is 16.4 Å². The molecule has 0 spiro atoms. The van der Waals surface area contributed by atoms with E-state index in [2.05, 4.69) is 38.3 Å². The molecule has 2 fully saturated rings. The number of rotatable bonds is 2. The Kier molecular flexibility index (Phi) is 3.34. The first-order valence-electron chi connectivity index (χ1n) is 7.09. The molecule has 18 heavy (non-hydrogen) atoms. The molecular formula is C14H27N3O. The van der Waals surface area contributed by atoms with Crippen molar-refractivity contribution in [2.45, 2.75) is 71.5 Å². The van der Waals surface area contributed by atoms with Crippen LogP contribution in [0.15, 0.2) is 0 Å². The molecule has 0 unspecified atom stereocenters. The Hall–Kier alpha value is -0.770. The van der Waals surface area contributed by atoms with Gasteiger partial charge in [0.2, 0.25) is 0 Å². The fourth-order valence-electron chi connectivity index (χ4n) is 3.98. The van der Waals surface area contributed by atoms with Gasteiger partial charge in [-0.25, -0.2) is 4.79 Å². The lowest BCUT2D eigenvalue weighted by Crippen LogP contribution is -2.76. The highest BCUT2D eigenvalue weighted by Crippen LogP contribution is 2.52. The van der Waals surface area contributed by atoms with Crippen LogP contribution in [0.4, 0.5) is 4.79 Å². The summed E-state index contributed by atoms with van der Waals surface area (Å²) in [4.78, 5) is 12.0. The lowest BCUT2D eigenvalue weighted by molar-refractivity contribution is -0.0646. The SMILES string of the molecule is CC1(C)C(N)C(C)(C)C1NC(=O)NC1CCCC1. The average molecular weight is 253 g/mol. The first kappa shape index (κ1) is 13.7. The lowest BCUT2D eigenvalue weighted by atomic mass is 9.48. The highest BCUT2D eigenvalue weighted by molar-refractivity contribution is 5.75. The van der Waals surface area contributed by atoms with Gasteiger partial charge in [0.25, 0.3) is 0 Å². The fraction of sp³-hybridized carbons (Fsp3) is 0.929. The Bertz CT molecular complexity index is 316. The molecule has 2 rings (SSSR count). The molecule has 0 aliphatic heterocycles. The van der Waals surface area contributed by atoms with E-state index in [1.54, 1.807) is 0 Å². The van der Waals surface area contributed by atoms with Crippen molar-refractivity contribution >= 4 is 6.03 Å². The van der Waals surface area contributed by atoms with E-state index in [0.29, 0.717) is 6.04 Å². The molecule has 104 valence electrons. The third-order valence-corrected chi connectivity index (χ3v) is 5.06. The van der Waals surface area contributed by atoms with Crippen LogP contribution in [0.3, 0.4) is 0 Å². The maximum absolute atomic E-state index is 12.0. The predicted octanol–water partition coefficient (Wildman–Crippen LogP) is 1.99. The van der Waals surface area contributed by atoms with Gasteiger partial charge < -0.3 is 16.4 Å². The second kappa shape index (κ2) is 4.41. The fourth-order valence-corrected chi connectivity index (χ4v) is 3.98. The van der Waals surface area contributed by atoms with Crippen molar-refractivity contribution in [3.8, 4) is 0 Å². The normalized spacial score (nSPS) is 33.8. The van der Waals surface area contributed by atoms with E-state index < -0.39 is 0 Å². The van der Waals surface area contributed by atoms with Crippen molar-refractivity contribution in [3.05, 3.63) is 0 Å². The van der Waals surface area contributed by atoms with Gasteiger partial charge in [-0.05, 0) is 12.8 Å². The minimum absolute atomic E-state index is 0.0278. The minimum atomic E-state index is -0.0312. The van der Waals surface area contributed by atoms with Crippen LogP contribution in [-0.4, -0.2) is 24.2 Å². The first-order chi connectivity index (χ1) is 8.26. The minimum Gasteiger partial charge on any atom is -0.335 e. The number of hydrogen-bond donors (Lipinski definition) is 3. The zero-order valence-electron chi connectivity index (χ0n) is 12.0. The van der Waals surface area contributed by atoms with E-state index in [1.165, 1.54) is 12.8 Å². The van der Waals surface area contributed by atoms with E-state index in [1.807, 2.05) is 0 Å². The van der Waals surface area contributed by atoms with Crippen LogP contribution in [-0.2, 0) is 0 Å². The summed E-state index contributed by atoms with van der Waals surface area (Å²) >= 11 is 0. The quantitative estimate of drug-likeness (QED) is 0.704. The van der Waals surface area contributed by atoms with Crippen LogP contribution in [0.5, 0.6) is 0 Å². The van der Waals surface area contributed by atoms with Crippen LogP contribution in [0.25, 0.3) is 0 Å². The van der Waals surface area contributed by atoms with Gasteiger partial charge in [-0.2, -0.15) is 0 Å². The number of nitrogens with one attached hydrogen (secondary N) is 2. The number of urea groups is 1. The Labute approximate surface area is 110 Å². The van der Waals surface area contributed by atoms with E-state index in [4.69, 9.17) is 5.73 Å². The van der Waals surface area contributed by atoms with Gasteiger partial charge in [0.15, 0.2) is 0 Å². The monoisotopic (exact) mass is 253 g/mol. The summed E-state index contributed by atoms with van der Waals surface area (Å²) in [5.41, 5.74) is 6.13. The zero-order valence-corrected chi connectivity index (χ0v) is 12.0. The van der Waals surface area contributed by atoms with Gasteiger partial charge in [-0.1, -0.05) is 40.5 Å². The summed E-state index contributed by atoms with van der Waals surface area (Å²) < 4.78 is 0. The third-order valence-electron chi connectivity index (χ3n) is 5.06. The Balaban J connectivity index is 1.90. The molecule has 0 heterocycles. The molecule has 2 saturated carbocycles. The van der Waals surface area contributed by atoms with Gasteiger partial charge in [-0.15, -0.1) is 0 Å². The van der Waals surface area contributed by atoms with Crippen LogP contribution in [0.1, 0.15) is 53.4 Å². The van der Waals surface area contributed by atoms with Crippen LogP contribution >= 0.6 is 0 Å². The summed E-state index contributed by atoms with van der Waals surface area (Å²) in [5, 5.41) is 6.20. The zero-order chi connectivity index (χ0) is 13.6. The number of amides is 2. The van der Waals surface area contributed by atoms with E-state index >= 15 is 0 Å². The van der Waals surface area contributed by atoms with Crippen LogP contribution in [0, 0.1) is 10.8 Å². The number of nitrogens with two attached hydrogens (primary N) is 1. The third kappa shape index (κ3) is 2.11. The molecule has 0 saturated heterocycles. The smallest absolute Gasteiger partial charge is 0.315 e. The molecule has 4 N–H and O–H groups in total. The summed E-state index contributed by atoms with van der Waals surface area (Å²) in [6.07, 6.45) is 4.70. The van der Waals surface area contributed by atoms with Gasteiger partial charge in [-0.3, -0.25) is 0 Å². The van der Waals surface area contributed by atoms with Crippen molar-refractivity contribution in [3.63, 3.8) is 0 Å². The molecular weight excluding hydrogens is 226 g/mol. The lowest BCUT2D eigenvalue weighted by Gasteiger charge is -2.62. The molecule has 0 aromatic carbocycles. The van der Waals surface area contributed by atoms with Gasteiger partial charge >= 0.3 is 6.03 Å². The van der Waals surface area contributed by atoms with Crippen molar-refractivity contribution < 1.29 is 4.79 Å². The highest BCUT2D eigenvalue weighted by Gasteiger charge is 2.60. The Morgan fingerprint density at radius 3 is 2.06 bits per heavy atom. The van der Waals surface area contributed by atoms with Crippen LogP contribution in [0.2, 0.25) is 0 Å². The van der Waals surface area contributed by atoms with E-state index in [-0.39, 0.29) is 28.9 Å². The topological polar surface area (TPSA) is 67.1 Å². The van der Waals surface area contributed by atoms with Crippen molar-refractivity contribution in [2.24, 2.45) is 16.6 Å². The molecule has 4 heteroatoms. The molecule has 0 radical (unpaired) electrons. The summed E-state index contributed by atoms with van der Waals surface area (Å²) in [6.45, 7) is 8.51. The molecule has 2 amide bonds. The van der Waals surface area contributed by atoms with E-state index in [0.717, 1.165) is 12.8 Å². The second-order valence-corrected chi connectivity index (χ2v) is 7.15. The second-order valence-electron chi connectivity index (χ2n) is 7.15. The van der Waals surface area contributed by atoms with Gasteiger partial charge in [0.1, 0.15) is 0 Å². The highest BCUT2D eigenvalue weighted by atomic mass is 16.2. The molecule has 2 aliphatic rings. The summed E-state index contributed by atoms with van der Waals surface area (Å²) in [7, 11) is 0. The molecule has 0 bridgehead atoms. The Morgan fingerprint density at radius 1 is 1.06 bits per heavy atom. The average Bonchev–Trinajstić information content (AvgIpc) is 2.77. The molecule has 0 atom stereocenters. The molecule has 0 aromatic rings. The molecule has 2 aliphatic carbocycles. The maximum atomic E-state index is 12.0. The molecule has 0 aromatic heterocycles. The maximum Gasteiger partial charge on any atom is 0.315 e. The van der Waals surface area contributed by atoms with Crippen molar-refractivity contribution in [1.29, 1.82) is 0 Å². The standard InChI is InChI=1S/C14H27N3O/c1-13(2)10(15)14(3,4)11(13)17-12(18)16-9-7-5-6-8-9/h9-11H,5-8,15H2,1-4H3,(H2,16,17,18). The predicted molar refractivity (Wildman–Crippen MR) is 73.2 cm³/mol. The van der Waals surface area contributed by atoms with Gasteiger partial charge in [0.05, 0.1) is 0 Å². The van der Waals surface area contributed by atoms with Crippen molar-refractivity contribution in [1.82, 2.24) is 10.6 Å². The summed E-state index contributed by atoms with van der Waals surface area (Å²) in [5.74, 6) is 0. The molecule has 4 nitrogen and oxygen atoms in total. The van der Waals surface area contributed by atoms with E-state index in [9.17, 15) is 4.79 Å². The largest absolute Gasteiger partial charge is 0.335 e. The Morgan fingerprint density at radius 2 is 1.56 bits per heavy atom. The van der Waals surface area contributed by atoms with Crippen molar-refractivity contribution in [2.75, 3.05) is 0 Å². The number of carbonyl (C=O) groups is 1. The number of hydrogen-bond acceptors (Lipinski definition) is 2. The first-order valence-corrected chi connectivity index (χ1v) is 7.09. The number of carbonyl (C=O) groups excluding carboxylic acids is 1.